The number of hydrogen-bond donors (Lipinski definition) is 0. The van der Waals surface area contributed by atoms with Crippen LogP contribution in [0, 0.1) is 44.2 Å². The molecule has 0 aromatic carbocycles. The standard InChI is InChI=1S/C7H15NXe.C2H6/c1-7(2)8-3-5-9-6-4-8;1-2/h7H,3-6H2,1-2H3;1-2H3. The Balaban J connectivity index is 0.000000461. The van der Waals surface area contributed by atoms with Crippen molar-refractivity contribution in [3.8, 4) is 0 Å². The van der Waals surface area contributed by atoms with Crippen molar-refractivity contribution in [1.29, 1.82) is 0 Å². The van der Waals surface area contributed by atoms with E-state index in [1.165, 1.54) is 14.9 Å². The van der Waals surface area contributed by atoms with E-state index in [4.69, 9.17) is 0 Å². The molecule has 1 fully saturated rings. The molecule has 1 aliphatic heterocycles. The van der Waals surface area contributed by atoms with Crippen molar-refractivity contribution in [2.24, 2.45) is 0 Å². The molecule has 0 aromatic rings. The van der Waals surface area contributed by atoms with E-state index in [-0.39, 0.29) is 0 Å². The Morgan fingerprint density at radius 2 is 1.55 bits per heavy atom. The van der Waals surface area contributed by atoms with Gasteiger partial charge >= 0.3 is 83.8 Å². The van der Waals surface area contributed by atoms with Crippen LogP contribution in [0.3, 0.4) is 0 Å². The summed E-state index contributed by atoms with van der Waals surface area (Å²) in [5.74, 6) is 0. The van der Waals surface area contributed by atoms with Crippen LogP contribution in [0.5, 0.6) is 0 Å². The molecule has 0 N–H and O–H groups in total. The fourth-order valence-electron chi connectivity index (χ4n) is 1.03. The summed E-state index contributed by atoms with van der Waals surface area (Å²) < 4.78 is 3.01. The van der Waals surface area contributed by atoms with E-state index in [9.17, 15) is 0 Å². The van der Waals surface area contributed by atoms with Gasteiger partial charge in [-0.05, 0) is 0 Å². The summed E-state index contributed by atoms with van der Waals surface area (Å²) in [4.78, 5) is 2.58. The van der Waals surface area contributed by atoms with Gasteiger partial charge in [0.25, 0.3) is 0 Å². The van der Waals surface area contributed by atoms with E-state index >= 15 is 0 Å². The van der Waals surface area contributed by atoms with Gasteiger partial charge in [0.15, 0.2) is 0 Å². The van der Waals surface area contributed by atoms with Gasteiger partial charge in [-0.25, -0.2) is 0 Å². The zero-order valence-electron chi connectivity index (χ0n) is 8.21. The van der Waals surface area contributed by atoms with Gasteiger partial charge in [-0.1, -0.05) is 13.8 Å². The molecule has 70 valence electrons. The van der Waals surface area contributed by atoms with Gasteiger partial charge in [-0.3, -0.25) is 0 Å². The van der Waals surface area contributed by atoms with Crippen LogP contribution in [0.15, 0.2) is 0 Å². The topological polar surface area (TPSA) is 3.24 Å². The third-order valence-corrected chi connectivity index (χ3v) is 4.04. The minimum absolute atomic E-state index is 0.771. The summed E-state index contributed by atoms with van der Waals surface area (Å²) >= 11 is 0.771. The number of rotatable bonds is 1. The molecule has 1 aliphatic rings. The molecule has 0 radical (unpaired) electrons. The van der Waals surface area contributed by atoms with Crippen LogP contribution in [0.1, 0.15) is 27.7 Å². The van der Waals surface area contributed by atoms with Gasteiger partial charge in [0.1, 0.15) is 0 Å². The molecule has 2 heteroatoms. The minimum atomic E-state index is 0.771. The van der Waals surface area contributed by atoms with Crippen molar-refractivity contribution in [3.63, 3.8) is 0 Å². The Morgan fingerprint density at radius 3 is 1.82 bits per heavy atom. The zero-order chi connectivity index (χ0) is 8.69. The van der Waals surface area contributed by atoms with E-state index in [2.05, 4.69) is 18.7 Å². The molecule has 11 heavy (non-hydrogen) atoms. The Hall–Kier alpha value is 1.53. The molecule has 0 aromatic heterocycles. The fraction of sp³-hybridized carbons (Fsp3) is 1.00. The van der Waals surface area contributed by atoms with Crippen LogP contribution in [0.25, 0.3) is 0 Å². The number of nitrogens with zero attached hydrogens (tertiary/aromatic N) is 1. The van der Waals surface area contributed by atoms with Crippen LogP contribution in [0.4, 0.5) is 0 Å². The first-order chi connectivity index (χ1) is 5.30. The molecule has 0 saturated carbocycles. The quantitative estimate of drug-likeness (QED) is 0.710. The Labute approximate surface area is 96.2 Å². The Kier molecular flexibility index (Phi) is 9.28. The van der Waals surface area contributed by atoms with Crippen LogP contribution < -0.4 is 0 Å². The summed E-state index contributed by atoms with van der Waals surface area (Å²) in [5.41, 5.74) is 0. The van der Waals surface area contributed by atoms with Crippen molar-refractivity contribution in [2.45, 2.75) is 35.5 Å². The maximum atomic E-state index is 2.58. The summed E-state index contributed by atoms with van der Waals surface area (Å²) in [6.07, 6.45) is 0. The van der Waals surface area contributed by atoms with Gasteiger partial charge < -0.3 is 0 Å². The molecular weight excluding hydrogens is 253 g/mol. The van der Waals surface area contributed by atoms with Crippen molar-refractivity contribution < 1.29 is 44.2 Å². The molecule has 0 spiro atoms. The first kappa shape index (κ1) is 12.5. The molecule has 0 bridgehead atoms. The molecule has 0 unspecified atom stereocenters. The van der Waals surface area contributed by atoms with Gasteiger partial charge in [-0.15, -0.1) is 0 Å². The van der Waals surface area contributed by atoms with Crippen LogP contribution >= 0.6 is 0 Å². The predicted octanol–water partition coefficient (Wildman–Crippen LogP) is 2.66. The summed E-state index contributed by atoms with van der Waals surface area (Å²) in [7, 11) is 0. The van der Waals surface area contributed by atoms with Crippen molar-refractivity contribution >= 4 is 0 Å². The van der Waals surface area contributed by atoms with Crippen LogP contribution in [-0.2, 0) is 0 Å². The maximum absolute atomic E-state index is 2.58. The van der Waals surface area contributed by atoms with E-state index in [0.29, 0.717) is 0 Å². The van der Waals surface area contributed by atoms with E-state index < -0.39 is 0 Å². The average Bonchev–Trinajstić information content (AvgIpc) is 2.10. The van der Waals surface area contributed by atoms with Crippen molar-refractivity contribution in [2.75, 3.05) is 13.1 Å². The second-order valence-electron chi connectivity index (χ2n) is 2.66. The second-order valence-corrected chi connectivity index (χ2v) is 5.69. The van der Waals surface area contributed by atoms with Crippen LogP contribution in [-0.4, -0.2) is 24.0 Å². The zero-order valence-corrected chi connectivity index (χ0v) is 10.2. The van der Waals surface area contributed by atoms with Gasteiger partial charge in [-0.2, -0.15) is 0 Å². The molecule has 0 atom stereocenters. The molecule has 1 heterocycles. The normalized spacial score (nSPS) is 20.1. The SMILES string of the molecule is CC.CC(C)N1CC[Xe]CC1. The molecule has 0 aliphatic carbocycles. The van der Waals surface area contributed by atoms with Gasteiger partial charge in [0, 0.05) is 0 Å². The average molecular weight is 275 g/mol. The predicted molar refractivity (Wildman–Crippen MR) is 47.7 cm³/mol. The van der Waals surface area contributed by atoms with Gasteiger partial charge in [0.05, 0.1) is 0 Å². The van der Waals surface area contributed by atoms with Gasteiger partial charge in [0.2, 0.25) is 0 Å². The van der Waals surface area contributed by atoms with Crippen molar-refractivity contribution in [3.05, 3.63) is 0 Å². The molecule has 0 amide bonds. The third kappa shape index (κ3) is 5.72. The fourth-order valence-corrected chi connectivity index (χ4v) is 3.33. The van der Waals surface area contributed by atoms with Crippen LogP contribution in [0.2, 0.25) is 1.78 Å². The van der Waals surface area contributed by atoms with E-state index in [1.807, 2.05) is 13.8 Å². The second kappa shape index (κ2) is 8.14. The molecule has 1 rings (SSSR count). The molecular formula is C9H21NXe. The monoisotopic (exact) mass is 275 g/mol. The van der Waals surface area contributed by atoms with Crippen molar-refractivity contribution in [1.82, 2.24) is 4.90 Å². The Morgan fingerprint density at radius 1 is 1.09 bits per heavy atom. The summed E-state index contributed by atoms with van der Waals surface area (Å²) in [5, 5.41) is 0. The molecule has 1 saturated heterocycles. The third-order valence-electron chi connectivity index (χ3n) is 1.71. The summed E-state index contributed by atoms with van der Waals surface area (Å²) in [6, 6.07) is 0.783. The first-order valence-corrected chi connectivity index (χ1v) is 7.40. The summed E-state index contributed by atoms with van der Waals surface area (Å²) in [6.45, 7) is 11.3. The van der Waals surface area contributed by atoms with E-state index in [1.54, 1.807) is 0 Å². The Bertz CT molecular complexity index is 77.6. The first-order valence-electron chi connectivity index (χ1n) is 4.55. The van der Waals surface area contributed by atoms with E-state index in [0.717, 1.165) is 50.2 Å². The molecule has 1 nitrogen and oxygen atoms in total. The number of hydrogen-bond acceptors (Lipinski definition) is 1.